The topological polar surface area (TPSA) is 59.2 Å². The summed E-state index contributed by atoms with van der Waals surface area (Å²) >= 11 is 0. The summed E-state index contributed by atoms with van der Waals surface area (Å²) in [6.45, 7) is 9.98. The van der Waals surface area contributed by atoms with Crippen LogP contribution < -0.4 is 10.3 Å². The molecule has 0 atom stereocenters. The van der Waals surface area contributed by atoms with E-state index in [1.165, 1.54) is 16.8 Å². The van der Waals surface area contributed by atoms with Gasteiger partial charge in [0.05, 0.1) is 18.8 Å². The van der Waals surface area contributed by atoms with E-state index < -0.39 is 0 Å². The second-order valence-corrected chi connectivity index (χ2v) is 8.41. The van der Waals surface area contributed by atoms with Gasteiger partial charge in [0.25, 0.3) is 5.82 Å². The lowest BCUT2D eigenvalue weighted by molar-refractivity contribution is -0.376. The van der Waals surface area contributed by atoms with Crippen molar-refractivity contribution in [1.82, 2.24) is 0 Å². The van der Waals surface area contributed by atoms with E-state index in [1.807, 2.05) is 6.07 Å². The van der Waals surface area contributed by atoms with Gasteiger partial charge in [0.2, 0.25) is 0 Å². The van der Waals surface area contributed by atoms with Gasteiger partial charge in [-0.15, -0.1) is 0 Å². The van der Waals surface area contributed by atoms with Crippen molar-refractivity contribution in [3.8, 4) is 6.07 Å². The Morgan fingerprint density at radius 3 is 2.63 bits per heavy atom. The number of hydrogen-bond acceptors (Lipinski definition) is 3. The van der Waals surface area contributed by atoms with Gasteiger partial charge in [-0.2, -0.15) is 5.26 Å². The highest BCUT2D eigenvalue weighted by molar-refractivity contribution is 5.56. The molecule has 1 aliphatic rings. The Labute approximate surface area is 162 Å². The number of rotatable bonds is 6. The molecule has 0 radical (unpaired) electrons. The van der Waals surface area contributed by atoms with Gasteiger partial charge < -0.3 is 4.74 Å². The largest absolute Gasteiger partial charge is 0.370 e. The van der Waals surface area contributed by atoms with Crippen LogP contribution in [0, 0.1) is 17.2 Å². The van der Waals surface area contributed by atoms with Crippen LogP contribution in [0.25, 0.3) is 0 Å². The Morgan fingerprint density at radius 2 is 1.96 bits per heavy atom. The van der Waals surface area contributed by atoms with Gasteiger partial charge in [-0.1, -0.05) is 44.2 Å². The van der Waals surface area contributed by atoms with E-state index >= 15 is 0 Å². The van der Waals surface area contributed by atoms with Crippen LogP contribution in [0.5, 0.6) is 0 Å². The van der Waals surface area contributed by atoms with E-state index in [0.717, 1.165) is 42.8 Å². The average molecular weight is 365 g/mol. The maximum absolute atomic E-state index is 9.88. The summed E-state index contributed by atoms with van der Waals surface area (Å²) in [7, 11) is 0. The molecular weight excluding hydrogens is 334 g/mol. The number of nitrogens with zero attached hydrogens (tertiary/aromatic N) is 1. The van der Waals surface area contributed by atoms with Crippen LogP contribution in [0.1, 0.15) is 55.6 Å². The molecule has 0 amide bonds. The summed E-state index contributed by atoms with van der Waals surface area (Å²) in [5.41, 5.74) is 5.30. The first kappa shape index (κ1) is 19.4. The number of hydrogen-bond donors (Lipinski definition) is 1. The molecule has 0 fully saturated rings. The number of nitriles is 1. The van der Waals surface area contributed by atoms with Gasteiger partial charge in [0, 0.05) is 24.8 Å². The zero-order valence-electron chi connectivity index (χ0n) is 16.9. The fraction of sp³-hybridized carbons (Fsp3) is 0.478. The molecule has 2 heterocycles. The number of benzene rings is 1. The van der Waals surface area contributed by atoms with E-state index in [1.54, 1.807) is 0 Å². The quantitative estimate of drug-likeness (QED) is 0.840. The summed E-state index contributed by atoms with van der Waals surface area (Å²) in [6, 6.07) is 12.9. The number of anilines is 1. The summed E-state index contributed by atoms with van der Waals surface area (Å²) < 4.78 is 6.04. The van der Waals surface area contributed by atoms with E-state index in [4.69, 9.17) is 4.74 Å². The highest BCUT2D eigenvalue weighted by Crippen LogP contribution is 2.33. The smallest absolute Gasteiger partial charge is 0.290 e. The zero-order valence-corrected chi connectivity index (χ0v) is 16.9. The van der Waals surface area contributed by atoms with E-state index in [-0.39, 0.29) is 5.60 Å². The van der Waals surface area contributed by atoms with Crippen molar-refractivity contribution < 1.29 is 9.72 Å². The van der Waals surface area contributed by atoms with Gasteiger partial charge in [-0.3, -0.25) is 5.32 Å². The van der Waals surface area contributed by atoms with Gasteiger partial charge in [-0.25, -0.2) is 4.98 Å². The number of aromatic amines is 1. The lowest BCUT2D eigenvalue weighted by atomic mass is 9.87. The minimum atomic E-state index is -0.240. The molecule has 2 aromatic rings. The minimum absolute atomic E-state index is 0.240. The third-order valence-electron chi connectivity index (χ3n) is 5.05. The first-order valence-corrected chi connectivity index (χ1v) is 9.81. The number of aromatic nitrogens is 1. The molecule has 3 rings (SSSR count). The van der Waals surface area contributed by atoms with Crippen LogP contribution >= 0.6 is 0 Å². The predicted molar refractivity (Wildman–Crippen MR) is 107 cm³/mol. The summed E-state index contributed by atoms with van der Waals surface area (Å²) in [4.78, 5) is 3.52. The summed E-state index contributed by atoms with van der Waals surface area (Å²) in [5, 5.41) is 13.4. The summed E-state index contributed by atoms with van der Waals surface area (Å²) in [6.07, 6.45) is 2.63. The molecule has 0 bridgehead atoms. The molecule has 0 spiro atoms. The highest BCUT2D eigenvalue weighted by atomic mass is 16.5. The number of pyridine rings is 1. The molecule has 0 unspecified atom stereocenters. The summed E-state index contributed by atoms with van der Waals surface area (Å²) in [5.74, 6) is 1.38. The minimum Gasteiger partial charge on any atom is -0.370 e. The van der Waals surface area contributed by atoms with E-state index in [2.05, 4.69) is 68.3 Å². The Kier molecular flexibility index (Phi) is 5.82. The van der Waals surface area contributed by atoms with Crippen molar-refractivity contribution >= 4 is 5.82 Å². The SMILES string of the molecule is CC(C)Cc1[nH+]c(NCCc2ccccc2)c(C#N)c2c1COC(C)(C)C2. The first-order chi connectivity index (χ1) is 12.9. The fourth-order valence-electron chi connectivity index (χ4n) is 3.70. The van der Waals surface area contributed by atoms with Crippen LogP contribution in [-0.2, 0) is 30.6 Å². The standard InChI is InChI=1S/C23H29N3O/c1-16(2)12-21-20-15-27-23(3,4)13-18(20)19(14-24)22(26-21)25-11-10-17-8-6-5-7-9-17/h5-9,16H,10-13,15H2,1-4H3,(H,25,26)/p+1. The van der Waals surface area contributed by atoms with Crippen molar-refractivity contribution in [2.75, 3.05) is 11.9 Å². The second kappa shape index (κ2) is 8.10. The van der Waals surface area contributed by atoms with E-state index in [9.17, 15) is 5.26 Å². The van der Waals surface area contributed by atoms with Gasteiger partial charge >= 0.3 is 0 Å². The molecule has 1 aromatic heterocycles. The second-order valence-electron chi connectivity index (χ2n) is 8.41. The Balaban J connectivity index is 1.91. The van der Waals surface area contributed by atoms with Crippen molar-refractivity contribution in [3.63, 3.8) is 0 Å². The Morgan fingerprint density at radius 1 is 1.22 bits per heavy atom. The van der Waals surface area contributed by atoms with Crippen molar-refractivity contribution in [2.24, 2.45) is 5.92 Å². The Hall–Kier alpha value is -2.38. The highest BCUT2D eigenvalue weighted by Gasteiger charge is 2.33. The van der Waals surface area contributed by atoms with Gasteiger partial charge in [0.15, 0.2) is 0 Å². The lowest BCUT2D eigenvalue weighted by Crippen LogP contribution is -2.36. The van der Waals surface area contributed by atoms with Gasteiger partial charge in [-0.05, 0) is 30.9 Å². The van der Waals surface area contributed by atoms with Crippen LogP contribution in [-0.4, -0.2) is 12.1 Å². The number of fused-ring (bicyclic) bond motifs is 1. The number of nitrogens with one attached hydrogen (secondary N) is 2. The van der Waals surface area contributed by atoms with Crippen LogP contribution in [0.4, 0.5) is 5.82 Å². The van der Waals surface area contributed by atoms with Crippen LogP contribution in [0.2, 0.25) is 0 Å². The maximum atomic E-state index is 9.88. The number of H-pyrrole nitrogens is 1. The monoisotopic (exact) mass is 364 g/mol. The van der Waals surface area contributed by atoms with Crippen LogP contribution in [0.3, 0.4) is 0 Å². The molecule has 0 aliphatic carbocycles. The maximum Gasteiger partial charge on any atom is 0.290 e. The molecule has 4 heteroatoms. The molecular formula is C23H30N3O+. The Bertz CT molecular complexity index is 835. The fourth-order valence-corrected chi connectivity index (χ4v) is 3.70. The number of ether oxygens (including phenoxy) is 1. The molecule has 142 valence electrons. The molecule has 0 saturated carbocycles. The zero-order chi connectivity index (χ0) is 19.4. The van der Waals surface area contributed by atoms with Gasteiger partial charge in [0.1, 0.15) is 17.3 Å². The lowest BCUT2D eigenvalue weighted by Gasteiger charge is -2.33. The third-order valence-corrected chi connectivity index (χ3v) is 5.05. The van der Waals surface area contributed by atoms with Crippen molar-refractivity contribution in [1.29, 1.82) is 5.26 Å². The van der Waals surface area contributed by atoms with Crippen molar-refractivity contribution in [3.05, 3.63) is 58.3 Å². The van der Waals surface area contributed by atoms with E-state index in [0.29, 0.717) is 12.5 Å². The molecule has 4 nitrogen and oxygen atoms in total. The molecule has 27 heavy (non-hydrogen) atoms. The normalized spacial score (nSPS) is 15.3. The third kappa shape index (κ3) is 4.67. The predicted octanol–water partition coefficient (Wildman–Crippen LogP) is 4.08. The first-order valence-electron chi connectivity index (χ1n) is 9.81. The molecule has 2 N–H and O–H groups in total. The molecule has 1 aliphatic heterocycles. The molecule has 1 aromatic carbocycles. The van der Waals surface area contributed by atoms with Crippen molar-refractivity contribution in [2.45, 2.75) is 59.2 Å². The molecule has 0 saturated heterocycles. The van der Waals surface area contributed by atoms with Crippen LogP contribution in [0.15, 0.2) is 30.3 Å². The average Bonchev–Trinajstić information content (AvgIpc) is 2.61.